The molecule has 0 aromatic carbocycles. The first kappa shape index (κ1) is 24.5. The van der Waals surface area contributed by atoms with Gasteiger partial charge < -0.3 is 25.7 Å². The van der Waals surface area contributed by atoms with Crippen LogP contribution in [0.25, 0.3) is 0 Å². The molecule has 0 spiro atoms. The van der Waals surface area contributed by atoms with Crippen LogP contribution in [-0.4, -0.2) is 68.5 Å². The maximum atomic E-state index is 12.8. The number of aromatic nitrogens is 1. The van der Waals surface area contributed by atoms with E-state index in [0.717, 1.165) is 11.3 Å². The van der Waals surface area contributed by atoms with Crippen LogP contribution < -0.4 is 11.1 Å². The molecule has 12 nitrogen and oxygen atoms in total. The Hall–Kier alpha value is -3.13. The summed E-state index contributed by atoms with van der Waals surface area (Å²) in [5, 5.41) is 15.8. The summed E-state index contributed by atoms with van der Waals surface area (Å²) in [5.74, 6) is -2.28. The average Bonchev–Trinajstić information content (AvgIpc) is 3.17. The molecule has 178 valence electrons. The summed E-state index contributed by atoms with van der Waals surface area (Å²) in [6.07, 6.45) is 0. The van der Waals surface area contributed by atoms with Crippen molar-refractivity contribution in [3.8, 4) is 0 Å². The fourth-order valence-electron chi connectivity index (χ4n) is 3.00. The molecule has 1 unspecified atom stereocenters. The highest BCUT2D eigenvalue weighted by molar-refractivity contribution is 8.00. The first-order valence-electron chi connectivity index (χ1n) is 9.68. The zero-order chi connectivity index (χ0) is 24.5. The largest absolute Gasteiger partial charge is 0.427 e. The minimum absolute atomic E-state index is 0.0457. The van der Waals surface area contributed by atoms with Gasteiger partial charge in [-0.3, -0.25) is 19.3 Å². The number of amides is 2. The number of nitrogens with two attached hydrogens (primary N) is 1. The monoisotopic (exact) mass is 497 g/mol. The molecular formula is C19H23N5O7S2. The van der Waals surface area contributed by atoms with Gasteiger partial charge in [-0.05, 0) is 33.3 Å². The molecule has 1 saturated heterocycles. The lowest BCUT2D eigenvalue weighted by Gasteiger charge is -2.49. The molecule has 2 aliphatic heterocycles. The molecule has 14 heteroatoms. The molecule has 2 aliphatic rings. The van der Waals surface area contributed by atoms with Crippen molar-refractivity contribution >= 4 is 57.7 Å². The molecule has 0 saturated carbocycles. The van der Waals surface area contributed by atoms with Crippen molar-refractivity contribution in [3.63, 3.8) is 0 Å². The number of anilines is 1. The molecular weight excluding hydrogens is 474 g/mol. The third kappa shape index (κ3) is 4.95. The zero-order valence-electron chi connectivity index (χ0n) is 18.3. The molecule has 1 aromatic rings. The van der Waals surface area contributed by atoms with E-state index in [2.05, 4.69) is 15.5 Å². The minimum atomic E-state index is -0.954. The van der Waals surface area contributed by atoms with Crippen molar-refractivity contribution < 1.29 is 33.9 Å². The molecule has 0 aliphatic carbocycles. The van der Waals surface area contributed by atoms with E-state index in [4.69, 9.17) is 15.2 Å². The van der Waals surface area contributed by atoms with Crippen molar-refractivity contribution in [2.24, 2.45) is 10.6 Å². The van der Waals surface area contributed by atoms with Gasteiger partial charge in [-0.1, -0.05) is 5.16 Å². The number of thiazole rings is 1. The molecule has 4 N–H and O–H groups in total. The zero-order valence-corrected chi connectivity index (χ0v) is 19.9. The number of hydrogen-bond acceptors (Lipinski definition) is 12. The van der Waals surface area contributed by atoms with Crippen LogP contribution in [0.5, 0.6) is 0 Å². The average molecular weight is 498 g/mol. The second-order valence-electron chi connectivity index (χ2n) is 8.24. The standard InChI is InChI=1S/C19H23N5O7S2/c1-8-5-32-15-11(22-13(25)10(23-29)9-6-33-18(20)21-9)14(26)24(15)12(8)16(27)30-7-31-17(28)19(2,3)4/h6,11,15,29H,5,7H2,1-4H3,(H2,20,21)(H,22,25)/t11?,15-/m1/s1. The van der Waals surface area contributed by atoms with E-state index in [1.165, 1.54) is 22.0 Å². The van der Waals surface area contributed by atoms with E-state index in [-0.39, 0.29) is 22.2 Å². The second kappa shape index (κ2) is 9.39. The van der Waals surface area contributed by atoms with Gasteiger partial charge in [0.2, 0.25) is 6.79 Å². The third-order valence-corrected chi connectivity index (χ3v) is 6.81. The Morgan fingerprint density at radius 2 is 2.06 bits per heavy atom. The van der Waals surface area contributed by atoms with Gasteiger partial charge in [0, 0.05) is 11.1 Å². The minimum Gasteiger partial charge on any atom is -0.427 e. The van der Waals surface area contributed by atoms with E-state index < -0.39 is 47.4 Å². The number of nitrogens with zero attached hydrogens (tertiary/aromatic N) is 3. The molecule has 0 bridgehead atoms. The second-order valence-corrected chi connectivity index (χ2v) is 10.2. The predicted molar refractivity (Wildman–Crippen MR) is 119 cm³/mol. The maximum Gasteiger partial charge on any atom is 0.357 e. The van der Waals surface area contributed by atoms with Crippen LogP contribution in [0.15, 0.2) is 21.8 Å². The number of ether oxygens (including phenoxy) is 2. The number of hydrogen-bond donors (Lipinski definition) is 3. The first-order chi connectivity index (χ1) is 15.5. The Kier molecular flexibility index (Phi) is 6.97. The van der Waals surface area contributed by atoms with Crippen LogP contribution in [0.3, 0.4) is 0 Å². The summed E-state index contributed by atoms with van der Waals surface area (Å²) < 4.78 is 9.99. The van der Waals surface area contributed by atoms with Gasteiger partial charge in [-0.2, -0.15) is 0 Å². The first-order valence-corrected chi connectivity index (χ1v) is 11.6. The Bertz CT molecular complexity index is 1060. The highest BCUT2D eigenvalue weighted by Crippen LogP contribution is 2.40. The lowest BCUT2D eigenvalue weighted by Crippen LogP contribution is -2.71. The lowest BCUT2D eigenvalue weighted by molar-refractivity contribution is -0.173. The van der Waals surface area contributed by atoms with E-state index in [1.807, 2.05) is 0 Å². The number of oxime groups is 1. The summed E-state index contributed by atoms with van der Waals surface area (Å²) in [5.41, 5.74) is 5.13. The van der Waals surface area contributed by atoms with Gasteiger partial charge in [-0.15, -0.1) is 23.1 Å². The smallest absolute Gasteiger partial charge is 0.357 e. The normalized spacial score (nSPS) is 20.7. The number of fused-ring (bicyclic) bond motifs is 1. The topological polar surface area (TPSA) is 174 Å². The fraction of sp³-hybridized carbons (Fsp3) is 0.474. The Balaban J connectivity index is 1.65. The molecule has 2 atom stereocenters. The van der Waals surface area contributed by atoms with Crippen molar-refractivity contribution in [3.05, 3.63) is 22.3 Å². The molecule has 33 heavy (non-hydrogen) atoms. The SMILES string of the molecule is CC1=C(C(=O)OCOC(=O)C(C)(C)C)N2C(=O)C(NC(=O)C(=NO)c3csc(N)n3)[C@H]2SC1. The van der Waals surface area contributed by atoms with Crippen molar-refractivity contribution in [1.29, 1.82) is 0 Å². The molecule has 1 aromatic heterocycles. The molecule has 3 heterocycles. The quantitative estimate of drug-likeness (QED) is 0.127. The Labute approximate surface area is 197 Å². The van der Waals surface area contributed by atoms with Crippen molar-refractivity contribution in [2.45, 2.75) is 39.1 Å². The number of β-lactam (4-membered cyclic amide) rings is 1. The molecule has 2 amide bonds. The van der Waals surface area contributed by atoms with Gasteiger partial charge in [0.1, 0.15) is 22.8 Å². The summed E-state index contributed by atoms with van der Waals surface area (Å²) >= 11 is 2.41. The molecule has 1 fully saturated rings. The lowest BCUT2D eigenvalue weighted by atomic mass is 9.98. The highest BCUT2D eigenvalue weighted by atomic mass is 32.2. The summed E-state index contributed by atoms with van der Waals surface area (Å²) in [6.45, 7) is 6.09. The van der Waals surface area contributed by atoms with E-state index >= 15 is 0 Å². The number of nitrogens with one attached hydrogen (secondary N) is 1. The van der Waals surface area contributed by atoms with Gasteiger partial charge in [0.05, 0.1) is 5.41 Å². The number of carbonyl (C=O) groups excluding carboxylic acids is 4. The van der Waals surface area contributed by atoms with E-state index in [9.17, 15) is 24.4 Å². The maximum absolute atomic E-state index is 12.8. The number of thioether (sulfide) groups is 1. The van der Waals surface area contributed by atoms with Gasteiger partial charge >= 0.3 is 11.9 Å². The van der Waals surface area contributed by atoms with Crippen LogP contribution in [0.1, 0.15) is 33.4 Å². The predicted octanol–water partition coefficient (Wildman–Crippen LogP) is 0.668. The number of carbonyl (C=O) groups is 4. The van der Waals surface area contributed by atoms with Gasteiger partial charge in [0.25, 0.3) is 11.8 Å². The number of esters is 2. The van der Waals surface area contributed by atoms with Gasteiger partial charge in [-0.25, -0.2) is 9.78 Å². The fourth-order valence-corrected chi connectivity index (χ4v) is 4.84. The Morgan fingerprint density at radius 3 is 2.64 bits per heavy atom. The van der Waals surface area contributed by atoms with Crippen LogP contribution in [0, 0.1) is 5.41 Å². The molecule has 0 radical (unpaired) electrons. The van der Waals surface area contributed by atoms with Crippen LogP contribution >= 0.6 is 23.1 Å². The van der Waals surface area contributed by atoms with E-state index in [0.29, 0.717) is 11.3 Å². The molecule has 3 rings (SSSR count). The summed E-state index contributed by atoms with van der Waals surface area (Å²) in [4.78, 5) is 54.9. The van der Waals surface area contributed by atoms with Crippen LogP contribution in [0.4, 0.5) is 5.13 Å². The van der Waals surface area contributed by atoms with Crippen LogP contribution in [-0.2, 0) is 28.7 Å². The highest BCUT2D eigenvalue weighted by Gasteiger charge is 2.54. The number of nitrogen functional groups attached to an aromatic ring is 1. The third-order valence-electron chi connectivity index (χ3n) is 4.71. The number of rotatable bonds is 6. The van der Waals surface area contributed by atoms with Crippen molar-refractivity contribution in [1.82, 2.24) is 15.2 Å². The summed E-state index contributed by atoms with van der Waals surface area (Å²) in [6, 6.07) is -0.954. The van der Waals surface area contributed by atoms with Crippen LogP contribution in [0.2, 0.25) is 0 Å². The van der Waals surface area contributed by atoms with Gasteiger partial charge in [0.15, 0.2) is 10.8 Å². The summed E-state index contributed by atoms with van der Waals surface area (Å²) in [7, 11) is 0. The van der Waals surface area contributed by atoms with E-state index in [1.54, 1.807) is 27.7 Å². The van der Waals surface area contributed by atoms with Crippen molar-refractivity contribution in [2.75, 3.05) is 18.3 Å². The Morgan fingerprint density at radius 1 is 1.36 bits per heavy atom.